The van der Waals surface area contributed by atoms with E-state index in [0.29, 0.717) is 11.1 Å². The molecule has 1 aromatic rings. The summed E-state index contributed by atoms with van der Waals surface area (Å²) in [6, 6.07) is 4.64. The Hall–Kier alpha value is -1.38. The van der Waals surface area contributed by atoms with Crippen molar-refractivity contribution < 1.29 is 9.18 Å². The summed E-state index contributed by atoms with van der Waals surface area (Å²) < 4.78 is 13.6. The van der Waals surface area contributed by atoms with Gasteiger partial charge in [-0.05, 0) is 30.0 Å². The highest BCUT2D eigenvalue weighted by molar-refractivity contribution is 5.94. The van der Waals surface area contributed by atoms with Crippen LogP contribution in [0.4, 0.5) is 4.39 Å². The Kier molecular flexibility index (Phi) is 3.83. The average molecular weight is 209 g/mol. The lowest BCUT2D eigenvalue weighted by Crippen LogP contribution is -2.18. The predicted molar refractivity (Wildman–Crippen MR) is 58.5 cm³/mol. The molecule has 82 valence electrons. The zero-order valence-corrected chi connectivity index (χ0v) is 9.30. The fourth-order valence-corrected chi connectivity index (χ4v) is 1.43. The molecule has 0 aliphatic carbocycles. The summed E-state index contributed by atoms with van der Waals surface area (Å²) in [7, 11) is 1.53. The number of rotatable bonds is 3. The normalized spacial score (nSPS) is 12.3. The molecule has 1 atom stereocenters. The highest BCUT2D eigenvalue weighted by Crippen LogP contribution is 2.22. The Morgan fingerprint density at radius 1 is 1.53 bits per heavy atom. The number of hydrogen-bond donors (Lipinski definition) is 1. The number of halogens is 1. The zero-order chi connectivity index (χ0) is 11.4. The topological polar surface area (TPSA) is 29.1 Å². The van der Waals surface area contributed by atoms with Crippen molar-refractivity contribution in [1.82, 2.24) is 5.32 Å². The van der Waals surface area contributed by atoms with Gasteiger partial charge in [0, 0.05) is 12.6 Å². The Bertz CT molecular complexity index is 363. The first-order chi connectivity index (χ1) is 7.10. The van der Waals surface area contributed by atoms with Gasteiger partial charge in [-0.1, -0.05) is 19.9 Å². The van der Waals surface area contributed by atoms with Crippen LogP contribution < -0.4 is 5.32 Å². The summed E-state index contributed by atoms with van der Waals surface area (Å²) in [5.41, 5.74) is 1.03. The minimum Gasteiger partial charge on any atom is -0.355 e. The maximum atomic E-state index is 13.6. The standard InChI is InChI=1S/C12H16FNO/c1-4-8(2)10-6-5-9(7-11(10)13)12(15)14-3/h5-8H,4H2,1-3H3,(H,14,15). The number of carbonyl (C=O) groups excluding carboxylic acids is 1. The van der Waals surface area contributed by atoms with Crippen molar-refractivity contribution in [3.05, 3.63) is 35.1 Å². The van der Waals surface area contributed by atoms with Gasteiger partial charge in [0.15, 0.2) is 0 Å². The molecule has 0 saturated heterocycles. The van der Waals surface area contributed by atoms with Gasteiger partial charge in [0.1, 0.15) is 5.82 Å². The third-order valence-electron chi connectivity index (χ3n) is 2.63. The smallest absolute Gasteiger partial charge is 0.251 e. The third kappa shape index (κ3) is 2.55. The van der Waals surface area contributed by atoms with E-state index in [1.807, 2.05) is 13.8 Å². The molecule has 0 fully saturated rings. The second kappa shape index (κ2) is 4.91. The second-order valence-corrected chi connectivity index (χ2v) is 3.62. The summed E-state index contributed by atoms with van der Waals surface area (Å²) in [5.74, 6) is -0.376. The SMILES string of the molecule is CCC(C)c1ccc(C(=O)NC)cc1F. The molecule has 0 heterocycles. The summed E-state index contributed by atoms with van der Waals surface area (Å²) in [4.78, 5) is 11.2. The molecular weight excluding hydrogens is 193 g/mol. The summed E-state index contributed by atoms with van der Waals surface area (Å²) >= 11 is 0. The molecule has 1 aromatic carbocycles. The van der Waals surface area contributed by atoms with Gasteiger partial charge >= 0.3 is 0 Å². The maximum Gasteiger partial charge on any atom is 0.251 e. The van der Waals surface area contributed by atoms with Gasteiger partial charge in [-0.25, -0.2) is 4.39 Å². The number of benzene rings is 1. The van der Waals surface area contributed by atoms with E-state index in [9.17, 15) is 9.18 Å². The zero-order valence-electron chi connectivity index (χ0n) is 9.30. The fraction of sp³-hybridized carbons (Fsp3) is 0.417. The molecule has 0 radical (unpaired) electrons. The molecule has 0 saturated carbocycles. The van der Waals surface area contributed by atoms with Crippen LogP contribution in [0.15, 0.2) is 18.2 Å². The quantitative estimate of drug-likeness (QED) is 0.814. The molecule has 0 aromatic heterocycles. The molecule has 2 nitrogen and oxygen atoms in total. The van der Waals surface area contributed by atoms with Crippen molar-refractivity contribution >= 4 is 5.91 Å². The van der Waals surface area contributed by atoms with Crippen LogP contribution in [0, 0.1) is 5.82 Å². The minimum absolute atomic E-state index is 0.184. The van der Waals surface area contributed by atoms with Gasteiger partial charge in [-0.15, -0.1) is 0 Å². The first-order valence-electron chi connectivity index (χ1n) is 5.11. The van der Waals surface area contributed by atoms with Gasteiger partial charge in [0.2, 0.25) is 0 Å². The Balaban J connectivity index is 3.03. The molecule has 1 unspecified atom stereocenters. The molecule has 0 spiro atoms. The first-order valence-corrected chi connectivity index (χ1v) is 5.11. The lowest BCUT2D eigenvalue weighted by atomic mass is 9.97. The van der Waals surface area contributed by atoms with Gasteiger partial charge in [0.25, 0.3) is 5.91 Å². The summed E-state index contributed by atoms with van der Waals surface area (Å²) in [6.45, 7) is 3.98. The van der Waals surface area contributed by atoms with Gasteiger partial charge in [0.05, 0.1) is 0 Å². The number of nitrogens with one attached hydrogen (secondary N) is 1. The molecule has 3 heteroatoms. The van der Waals surface area contributed by atoms with E-state index in [4.69, 9.17) is 0 Å². The molecular formula is C12H16FNO. The number of amides is 1. The van der Waals surface area contributed by atoms with Crippen molar-refractivity contribution in [1.29, 1.82) is 0 Å². The molecule has 1 N–H and O–H groups in total. The molecule has 0 bridgehead atoms. The van der Waals surface area contributed by atoms with Crippen molar-refractivity contribution in [2.75, 3.05) is 7.05 Å². The second-order valence-electron chi connectivity index (χ2n) is 3.62. The minimum atomic E-state index is -0.301. The molecule has 1 rings (SSSR count). The van der Waals surface area contributed by atoms with Crippen molar-refractivity contribution in [2.24, 2.45) is 0 Å². The van der Waals surface area contributed by atoms with Crippen LogP contribution in [-0.2, 0) is 0 Å². The van der Waals surface area contributed by atoms with Crippen LogP contribution in [0.3, 0.4) is 0 Å². The molecule has 1 amide bonds. The third-order valence-corrected chi connectivity index (χ3v) is 2.63. The van der Waals surface area contributed by atoms with Crippen LogP contribution in [0.2, 0.25) is 0 Å². The summed E-state index contributed by atoms with van der Waals surface area (Å²) in [5, 5.41) is 2.47. The molecule has 0 aliphatic rings. The van der Waals surface area contributed by atoms with E-state index in [1.54, 1.807) is 12.1 Å². The number of carbonyl (C=O) groups is 1. The largest absolute Gasteiger partial charge is 0.355 e. The lowest BCUT2D eigenvalue weighted by Gasteiger charge is -2.10. The van der Waals surface area contributed by atoms with Gasteiger partial charge in [-0.2, -0.15) is 0 Å². The van der Waals surface area contributed by atoms with E-state index in [1.165, 1.54) is 13.1 Å². The van der Waals surface area contributed by atoms with Crippen LogP contribution in [0.5, 0.6) is 0 Å². The van der Waals surface area contributed by atoms with Crippen LogP contribution in [-0.4, -0.2) is 13.0 Å². The highest BCUT2D eigenvalue weighted by Gasteiger charge is 2.11. The van der Waals surface area contributed by atoms with E-state index in [-0.39, 0.29) is 17.6 Å². The van der Waals surface area contributed by atoms with Crippen LogP contribution in [0.1, 0.15) is 42.1 Å². The highest BCUT2D eigenvalue weighted by atomic mass is 19.1. The first kappa shape index (κ1) is 11.7. The fourth-order valence-electron chi connectivity index (χ4n) is 1.43. The van der Waals surface area contributed by atoms with E-state index in [0.717, 1.165) is 6.42 Å². The van der Waals surface area contributed by atoms with E-state index in [2.05, 4.69) is 5.32 Å². The molecule has 15 heavy (non-hydrogen) atoms. The Morgan fingerprint density at radius 2 is 2.20 bits per heavy atom. The van der Waals surface area contributed by atoms with Crippen molar-refractivity contribution in [2.45, 2.75) is 26.2 Å². The van der Waals surface area contributed by atoms with Crippen molar-refractivity contribution in [3.63, 3.8) is 0 Å². The monoisotopic (exact) mass is 209 g/mol. The Morgan fingerprint density at radius 3 is 2.67 bits per heavy atom. The summed E-state index contributed by atoms with van der Waals surface area (Å²) in [6.07, 6.45) is 0.885. The average Bonchev–Trinajstić information content (AvgIpc) is 2.26. The molecule has 0 aliphatic heterocycles. The lowest BCUT2D eigenvalue weighted by molar-refractivity contribution is 0.0962. The Labute approximate surface area is 89.5 Å². The van der Waals surface area contributed by atoms with Crippen LogP contribution >= 0.6 is 0 Å². The van der Waals surface area contributed by atoms with Gasteiger partial charge < -0.3 is 5.32 Å². The number of hydrogen-bond acceptors (Lipinski definition) is 1. The van der Waals surface area contributed by atoms with Gasteiger partial charge in [-0.3, -0.25) is 4.79 Å². The van der Waals surface area contributed by atoms with Crippen molar-refractivity contribution in [3.8, 4) is 0 Å². The van der Waals surface area contributed by atoms with E-state index < -0.39 is 0 Å². The predicted octanol–water partition coefficient (Wildman–Crippen LogP) is 2.70. The maximum absolute atomic E-state index is 13.6. The van der Waals surface area contributed by atoms with Crippen LogP contribution in [0.25, 0.3) is 0 Å². The van der Waals surface area contributed by atoms with E-state index >= 15 is 0 Å².